The zero-order valence-electron chi connectivity index (χ0n) is 12.2. The van der Waals surface area contributed by atoms with Crippen molar-refractivity contribution in [3.63, 3.8) is 0 Å². The predicted molar refractivity (Wildman–Crippen MR) is 86.1 cm³/mol. The smallest absolute Gasteiger partial charge is 0.337 e. The highest BCUT2D eigenvalue weighted by molar-refractivity contribution is 7.99. The third-order valence-electron chi connectivity index (χ3n) is 4.01. The Balaban J connectivity index is 2.11. The Labute approximate surface area is 128 Å². The number of aromatic nitrogens is 2. The van der Waals surface area contributed by atoms with Crippen molar-refractivity contribution in [1.82, 2.24) is 9.55 Å². The van der Waals surface area contributed by atoms with Crippen LogP contribution in [0.15, 0.2) is 18.2 Å². The van der Waals surface area contributed by atoms with Crippen molar-refractivity contribution in [3.8, 4) is 0 Å². The molecule has 2 aromatic rings. The molecule has 1 fully saturated rings. The summed E-state index contributed by atoms with van der Waals surface area (Å²) in [5.41, 5.74) is 1.97. The van der Waals surface area contributed by atoms with E-state index in [1.807, 2.05) is 17.8 Å². The molecule has 1 aliphatic heterocycles. The summed E-state index contributed by atoms with van der Waals surface area (Å²) < 4.78 is 2.17. The van der Waals surface area contributed by atoms with Crippen molar-refractivity contribution in [2.24, 2.45) is 5.92 Å². The number of nitrogens with zero attached hydrogens (tertiary/aromatic N) is 2. The van der Waals surface area contributed by atoms with E-state index in [9.17, 15) is 9.90 Å². The second kappa shape index (κ2) is 6.10. The Hall–Kier alpha value is -1.49. The molecule has 1 unspecified atom stereocenters. The lowest BCUT2D eigenvalue weighted by Crippen LogP contribution is -2.14. The molecule has 112 valence electrons. The Morgan fingerprint density at radius 3 is 3.05 bits per heavy atom. The maximum atomic E-state index is 11.5. The number of imidazole rings is 1. The first kappa shape index (κ1) is 14.4. The second-order valence-electron chi connectivity index (χ2n) is 5.60. The van der Waals surface area contributed by atoms with Gasteiger partial charge in [0, 0.05) is 13.0 Å². The van der Waals surface area contributed by atoms with E-state index in [0.29, 0.717) is 11.5 Å². The minimum absolute atomic E-state index is 0.369. The monoisotopic (exact) mass is 304 g/mol. The van der Waals surface area contributed by atoms with Gasteiger partial charge in [0.2, 0.25) is 0 Å². The molecule has 0 bridgehead atoms. The van der Waals surface area contributed by atoms with E-state index in [4.69, 9.17) is 0 Å². The summed E-state index contributed by atoms with van der Waals surface area (Å²) in [6.45, 7) is 3.02. The number of hydrogen-bond donors (Lipinski definition) is 1. The summed E-state index contributed by atoms with van der Waals surface area (Å²) >= 11 is 1.99. The van der Waals surface area contributed by atoms with Gasteiger partial charge in [0.25, 0.3) is 0 Å². The minimum atomic E-state index is -0.870. The van der Waals surface area contributed by atoms with E-state index in [0.717, 1.165) is 36.2 Å². The first-order valence-corrected chi connectivity index (χ1v) is 8.65. The zero-order valence-corrected chi connectivity index (χ0v) is 13.0. The summed E-state index contributed by atoms with van der Waals surface area (Å²) in [7, 11) is 0. The number of aromatic carboxylic acids is 1. The van der Waals surface area contributed by atoms with Gasteiger partial charge in [-0.15, -0.1) is 0 Å². The van der Waals surface area contributed by atoms with Crippen LogP contribution in [0.1, 0.15) is 35.9 Å². The third-order valence-corrected chi connectivity index (χ3v) is 5.25. The van der Waals surface area contributed by atoms with Crippen molar-refractivity contribution >= 4 is 28.8 Å². The first-order chi connectivity index (χ1) is 10.2. The molecular formula is C16H20N2O2S. The van der Waals surface area contributed by atoms with Gasteiger partial charge in [-0.3, -0.25) is 0 Å². The normalized spacial score (nSPS) is 18.4. The highest BCUT2D eigenvalue weighted by atomic mass is 32.2. The molecule has 2 heterocycles. The lowest BCUT2D eigenvalue weighted by atomic mass is 10.1. The topological polar surface area (TPSA) is 55.1 Å². The molecule has 1 saturated heterocycles. The van der Waals surface area contributed by atoms with Crippen LogP contribution in [0.3, 0.4) is 0 Å². The van der Waals surface area contributed by atoms with Crippen LogP contribution in [0, 0.1) is 5.92 Å². The number of aryl methyl sites for hydroxylation is 1. The lowest BCUT2D eigenvalue weighted by Gasteiger charge is -2.14. The van der Waals surface area contributed by atoms with Crippen LogP contribution in [0.2, 0.25) is 0 Å². The SMILES string of the molecule is CCCc1nc2cccc(C(=O)O)c2n1CC1CCSC1. The summed E-state index contributed by atoms with van der Waals surface area (Å²) in [4.78, 5) is 16.2. The number of para-hydroxylation sites is 1. The molecule has 0 spiro atoms. The molecule has 0 radical (unpaired) electrons. The summed E-state index contributed by atoms with van der Waals surface area (Å²) in [6, 6.07) is 5.38. The molecule has 4 nitrogen and oxygen atoms in total. The highest BCUT2D eigenvalue weighted by Crippen LogP contribution is 2.28. The van der Waals surface area contributed by atoms with Crippen LogP contribution in [0.25, 0.3) is 11.0 Å². The number of benzene rings is 1. The third kappa shape index (κ3) is 2.79. The molecule has 21 heavy (non-hydrogen) atoms. The fraction of sp³-hybridized carbons (Fsp3) is 0.500. The van der Waals surface area contributed by atoms with Gasteiger partial charge in [0.1, 0.15) is 5.82 Å². The quantitative estimate of drug-likeness (QED) is 0.919. The largest absolute Gasteiger partial charge is 0.478 e. The number of fused-ring (bicyclic) bond motifs is 1. The van der Waals surface area contributed by atoms with Crippen LogP contribution < -0.4 is 0 Å². The number of rotatable bonds is 5. The number of hydrogen-bond acceptors (Lipinski definition) is 3. The van der Waals surface area contributed by atoms with E-state index in [-0.39, 0.29) is 0 Å². The molecule has 0 amide bonds. The minimum Gasteiger partial charge on any atom is -0.478 e. The number of carboxylic acid groups (broad SMARTS) is 1. The molecule has 1 atom stereocenters. The average molecular weight is 304 g/mol. The van der Waals surface area contributed by atoms with Crippen LogP contribution in [0.5, 0.6) is 0 Å². The highest BCUT2D eigenvalue weighted by Gasteiger charge is 2.22. The van der Waals surface area contributed by atoms with Crippen molar-refractivity contribution < 1.29 is 9.90 Å². The van der Waals surface area contributed by atoms with Gasteiger partial charge in [-0.1, -0.05) is 13.0 Å². The van der Waals surface area contributed by atoms with E-state index < -0.39 is 5.97 Å². The van der Waals surface area contributed by atoms with Crippen molar-refractivity contribution in [2.45, 2.75) is 32.7 Å². The molecule has 1 aromatic heterocycles. The fourth-order valence-corrected chi connectivity index (χ4v) is 4.27. The second-order valence-corrected chi connectivity index (χ2v) is 6.75. The average Bonchev–Trinajstić information content (AvgIpc) is 3.08. The van der Waals surface area contributed by atoms with Gasteiger partial charge < -0.3 is 9.67 Å². The van der Waals surface area contributed by atoms with Gasteiger partial charge in [-0.2, -0.15) is 11.8 Å². The van der Waals surface area contributed by atoms with Crippen LogP contribution in [-0.2, 0) is 13.0 Å². The Bertz CT molecular complexity index is 660. The zero-order chi connectivity index (χ0) is 14.8. The predicted octanol–water partition coefficient (Wildman–Crippen LogP) is 3.44. The maximum absolute atomic E-state index is 11.5. The summed E-state index contributed by atoms with van der Waals surface area (Å²) in [5, 5.41) is 9.46. The maximum Gasteiger partial charge on any atom is 0.337 e. The van der Waals surface area contributed by atoms with Gasteiger partial charge in [0.15, 0.2) is 0 Å². The molecular weight excluding hydrogens is 284 g/mol. The van der Waals surface area contributed by atoms with Crippen LogP contribution in [-0.4, -0.2) is 32.1 Å². The molecule has 3 rings (SSSR count). The molecule has 5 heteroatoms. The van der Waals surface area contributed by atoms with Crippen molar-refractivity contribution in [1.29, 1.82) is 0 Å². The van der Waals surface area contributed by atoms with E-state index in [2.05, 4.69) is 16.5 Å². The molecule has 1 aromatic carbocycles. The fourth-order valence-electron chi connectivity index (χ4n) is 3.00. The number of carboxylic acids is 1. The van der Waals surface area contributed by atoms with Gasteiger partial charge >= 0.3 is 5.97 Å². The summed E-state index contributed by atoms with van der Waals surface area (Å²) in [5.74, 6) is 3.17. The molecule has 1 aliphatic rings. The van der Waals surface area contributed by atoms with Gasteiger partial charge in [0.05, 0.1) is 16.6 Å². The van der Waals surface area contributed by atoms with Crippen LogP contribution >= 0.6 is 11.8 Å². The van der Waals surface area contributed by atoms with E-state index >= 15 is 0 Å². The lowest BCUT2D eigenvalue weighted by molar-refractivity contribution is 0.0698. The Morgan fingerprint density at radius 1 is 1.52 bits per heavy atom. The standard InChI is InChI=1S/C16H20N2O2S/c1-2-4-14-17-13-6-3-5-12(16(19)20)15(13)18(14)9-11-7-8-21-10-11/h3,5-6,11H,2,4,7-10H2,1H3,(H,19,20). The van der Waals surface area contributed by atoms with Crippen LogP contribution in [0.4, 0.5) is 0 Å². The van der Waals surface area contributed by atoms with E-state index in [1.165, 1.54) is 17.9 Å². The number of thioether (sulfide) groups is 1. The Kier molecular flexibility index (Phi) is 4.19. The Morgan fingerprint density at radius 2 is 2.38 bits per heavy atom. The van der Waals surface area contributed by atoms with Crippen molar-refractivity contribution in [3.05, 3.63) is 29.6 Å². The first-order valence-electron chi connectivity index (χ1n) is 7.50. The van der Waals surface area contributed by atoms with Gasteiger partial charge in [-0.25, -0.2) is 9.78 Å². The van der Waals surface area contributed by atoms with E-state index in [1.54, 1.807) is 12.1 Å². The van der Waals surface area contributed by atoms with Gasteiger partial charge in [-0.05, 0) is 42.4 Å². The molecule has 0 aliphatic carbocycles. The van der Waals surface area contributed by atoms with Crippen molar-refractivity contribution in [2.75, 3.05) is 11.5 Å². The molecule has 1 N–H and O–H groups in total. The summed E-state index contributed by atoms with van der Waals surface area (Å²) in [6.07, 6.45) is 3.13. The number of carbonyl (C=O) groups is 1. The molecule has 0 saturated carbocycles.